The number of hydrogen-bond acceptors (Lipinski definition) is 5. The molecule has 1 aromatic carbocycles. The van der Waals surface area contributed by atoms with Crippen LogP contribution in [0.2, 0.25) is 5.02 Å². The molecule has 0 saturated carbocycles. The van der Waals surface area contributed by atoms with Crippen LogP contribution in [-0.4, -0.2) is 15.0 Å². The summed E-state index contributed by atoms with van der Waals surface area (Å²) in [6, 6.07) is 6.95. The monoisotopic (exact) mass is 266 g/mol. The van der Waals surface area contributed by atoms with Gasteiger partial charge in [0.05, 0.1) is 9.95 Å². The van der Waals surface area contributed by atoms with Crippen molar-refractivity contribution in [2.24, 2.45) is 0 Å². The highest BCUT2D eigenvalue weighted by Gasteiger charge is 2.07. The Morgan fingerprint density at radius 1 is 1.33 bits per heavy atom. The fourth-order valence-electron chi connectivity index (χ4n) is 1.21. The largest absolute Gasteiger partial charge is 0.506 e. The maximum atomic E-state index is 10.4. The summed E-state index contributed by atoms with van der Waals surface area (Å²) in [5.41, 5.74) is -0.119. The number of rotatable bonds is 3. The summed E-state index contributed by atoms with van der Waals surface area (Å²) in [5, 5.41) is 19.8. The van der Waals surface area contributed by atoms with E-state index in [2.05, 4.69) is 4.98 Å². The average molecular weight is 267 g/mol. The number of ether oxygens (including phenoxy) is 1. The van der Waals surface area contributed by atoms with Gasteiger partial charge >= 0.3 is 0 Å². The van der Waals surface area contributed by atoms with Gasteiger partial charge in [-0.15, -0.1) is 0 Å². The number of nitro groups is 1. The van der Waals surface area contributed by atoms with Crippen molar-refractivity contribution >= 4 is 17.3 Å². The summed E-state index contributed by atoms with van der Waals surface area (Å²) < 4.78 is 5.32. The Morgan fingerprint density at radius 2 is 2.11 bits per heavy atom. The molecule has 2 rings (SSSR count). The molecular weight excluding hydrogens is 260 g/mol. The number of phenolic OH excluding ortho intramolecular Hbond substituents is 1. The Hall–Kier alpha value is -2.34. The van der Waals surface area contributed by atoms with E-state index in [-0.39, 0.29) is 22.3 Å². The van der Waals surface area contributed by atoms with Crippen LogP contribution in [0, 0.1) is 10.1 Å². The Balaban J connectivity index is 2.18. The van der Waals surface area contributed by atoms with Gasteiger partial charge in [0.15, 0.2) is 0 Å². The first-order chi connectivity index (χ1) is 8.56. The van der Waals surface area contributed by atoms with Crippen LogP contribution in [0.1, 0.15) is 0 Å². The highest BCUT2D eigenvalue weighted by atomic mass is 35.5. The maximum absolute atomic E-state index is 10.4. The second-order valence-corrected chi connectivity index (χ2v) is 3.73. The Kier molecular flexibility index (Phi) is 3.29. The smallest absolute Gasteiger partial charge is 0.287 e. The van der Waals surface area contributed by atoms with Gasteiger partial charge in [0.25, 0.3) is 5.69 Å². The van der Waals surface area contributed by atoms with Gasteiger partial charge in [-0.3, -0.25) is 10.1 Å². The highest BCUT2D eigenvalue weighted by Crippen LogP contribution is 2.29. The highest BCUT2D eigenvalue weighted by molar-refractivity contribution is 6.32. The SMILES string of the molecule is O=[N+]([O-])c1ccc(Oc2ccc(O)c(Cl)c2)nc1. The van der Waals surface area contributed by atoms with Crippen molar-refractivity contribution in [1.82, 2.24) is 4.98 Å². The number of phenols is 1. The van der Waals surface area contributed by atoms with Crippen molar-refractivity contribution in [2.75, 3.05) is 0 Å². The van der Waals surface area contributed by atoms with E-state index in [1.54, 1.807) is 0 Å². The normalized spacial score (nSPS) is 10.1. The van der Waals surface area contributed by atoms with Gasteiger partial charge in [0, 0.05) is 18.2 Å². The van der Waals surface area contributed by atoms with Crippen LogP contribution < -0.4 is 4.74 Å². The molecule has 0 aliphatic heterocycles. The van der Waals surface area contributed by atoms with Crippen LogP contribution in [0.15, 0.2) is 36.5 Å². The first-order valence-corrected chi connectivity index (χ1v) is 5.21. The van der Waals surface area contributed by atoms with Crippen molar-refractivity contribution in [1.29, 1.82) is 0 Å². The minimum atomic E-state index is -0.547. The van der Waals surface area contributed by atoms with Crippen LogP contribution >= 0.6 is 11.6 Å². The zero-order valence-electron chi connectivity index (χ0n) is 8.91. The summed E-state index contributed by atoms with van der Waals surface area (Å²) in [7, 11) is 0. The molecule has 0 bridgehead atoms. The first kappa shape index (κ1) is 12.1. The van der Waals surface area contributed by atoms with Crippen LogP contribution in [-0.2, 0) is 0 Å². The summed E-state index contributed by atoms with van der Waals surface area (Å²) in [6.07, 6.45) is 1.09. The van der Waals surface area contributed by atoms with Crippen LogP contribution in [0.25, 0.3) is 0 Å². The lowest BCUT2D eigenvalue weighted by Crippen LogP contribution is -1.91. The molecule has 0 atom stereocenters. The van der Waals surface area contributed by atoms with Crippen molar-refractivity contribution in [3.8, 4) is 17.4 Å². The van der Waals surface area contributed by atoms with Gasteiger partial charge in [-0.25, -0.2) is 4.98 Å². The third-order valence-corrected chi connectivity index (χ3v) is 2.38. The zero-order valence-corrected chi connectivity index (χ0v) is 9.66. The lowest BCUT2D eigenvalue weighted by molar-refractivity contribution is -0.385. The van der Waals surface area contributed by atoms with Gasteiger partial charge in [-0.2, -0.15) is 0 Å². The molecule has 0 saturated heterocycles. The molecule has 0 aliphatic carbocycles. The van der Waals surface area contributed by atoms with Gasteiger partial charge in [-0.1, -0.05) is 11.6 Å². The molecule has 7 heteroatoms. The third-order valence-electron chi connectivity index (χ3n) is 2.07. The number of pyridine rings is 1. The second-order valence-electron chi connectivity index (χ2n) is 3.33. The van der Waals surface area contributed by atoms with Gasteiger partial charge < -0.3 is 9.84 Å². The molecule has 1 N–H and O–H groups in total. The number of aromatic hydroxyl groups is 1. The second kappa shape index (κ2) is 4.89. The molecule has 92 valence electrons. The molecule has 1 heterocycles. The van der Waals surface area contributed by atoms with Gasteiger partial charge in [0.1, 0.15) is 17.7 Å². The Morgan fingerprint density at radius 3 is 2.67 bits per heavy atom. The van der Waals surface area contributed by atoms with Crippen molar-refractivity contribution in [3.05, 3.63) is 51.7 Å². The molecule has 0 fully saturated rings. The molecule has 2 aromatic rings. The van der Waals surface area contributed by atoms with Crippen molar-refractivity contribution in [2.45, 2.75) is 0 Å². The molecule has 18 heavy (non-hydrogen) atoms. The van der Waals surface area contributed by atoms with E-state index in [9.17, 15) is 15.2 Å². The molecule has 0 aliphatic rings. The van der Waals surface area contributed by atoms with Gasteiger partial charge in [-0.05, 0) is 12.1 Å². The number of benzene rings is 1. The molecule has 1 aromatic heterocycles. The van der Waals surface area contributed by atoms with Crippen LogP contribution in [0.5, 0.6) is 17.4 Å². The third kappa shape index (κ3) is 2.67. The fourth-order valence-corrected chi connectivity index (χ4v) is 1.38. The lowest BCUT2D eigenvalue weighted by Gasteiger charge is -2.05. The van der Waals surface area contributed by atoms with E-state index in [0.29, 0.717) is 5.75 Å². The van der Waals surface area contributed by atoms with Crippen molar-refractivity contribution < 1.29 is 14.8 Å². The molecule has 0 amide bonds. The molecular formula is C11H7ClN2O4. The average Bonchev–Trinajstić information content (AvgIpc) is 2.34. The fraction of sp³-hybridized carbons (Fsp3) is 0. The minimum Gasteiger partial charge on any atom is -0.506 e. The Labute approximate surface area is 107 Å². The van der Waals surface area contributed by atoms with E-state index in [1.165, 1.54) is 30.3 Å². The van der Waals surface area contributed by atoms with E-state index >= 15 is 0 Å². The summed E-state index contributed by atoms with van der Waals surface area (Å²) in [5.74, 6) is 0.516. The summed E-state index contributed by atoms with van der Waals surface area (Å²) >= 11 is 5.71. The predicted molar refractivity (Wildman–Crippen MR) is 64.1 cm³/mol. The topological polar surface area (TPSA) is 85.5 Å². The first-order valence-electron chi connectivity index (χ1n) is 4.83. The molecule has 0 spiro atoms. The van der Waals surface area contributed by atoms with E-state index < -0.39 is 4.92 Å². The number of hydrogen-bond donors (Lipinski definition) is 1. The van der Waals surface area contributed by atoms with E-state index in [0.717, 1.165) is 6.20 Å². The lowest BCUT2D eigenvalue weighted by atomic mass is 10.3. The van der Waals surface area contributed by atoms with Gasteiger partial charge in [0.2, 0.25) is 5.88 Å². The predicted octanol–water partition coefficient (Wildman–Crippen LogP) is 3.14. The quantitative estimate of drug-likeness (QED) is 0.681. The van der Waals surface area contributed by atoms with E-state index in [4.69, 9.17) is 16.3 Å². The Bertz CT molecular complexity index is 586. The van der Waals surface area contributed by atoms with Crippen LogP contribution in [0.3, 0.4) is 0 Å². The molecule has 0 unspecified atom stereocenters. The maximum Gasteiger partial charge on any atom is 0.287 e. The number of nitrogens with zero attached hydrogens (tertiary/aromatic N) is 2. The number of aromatic nitrogens is 1. The summed E-state index contributed by atoms with van der Waals surface area (Å²) in [6.45, 7) is 0. The van der Waals surface area contributed by atoms with E-state index in [1.807, 2.05) is 0 Å². The molecule has 6 nitrogen and oxygen atoms in total. The molecule has 0 radical (unpaired) electrons. The zero-order chi connectivity index (χ0) is 13.1. The summed E-state index contributed by atoms with van der Waals surface area (Å²) in [4.78, 5) is 13.7. The minimum absolute atomic E-state index is 0.0549. The number of halogens is 1. The van der Waals surface area contributed by atoms with Crippen LogP contribution in [0.4, 0.5) is 5.69 Å². The van der Waals surface area contributed by atoms with Crippen molar-refractivity contribution in [3.63, 3.8) is 0 Å². The standard InChI is InChI=1S/C11H7ClN2O4/c12-9-5-8(2-3-10(9)15)18-11-4-1-7(6-13-11)14(16)17/h1-6,15H.